The fraction of sp³-hybridized carbons (Fsp3) is 0.500. The van der Waals surface area contributed by atoms with Gasteiger partial charge in [-0.2, -0.15) is 0 Å². The smallest absolute Gasteiger partial charge is 0.260 e. The number of carbonyl (C=O) groups excluding carboxylic acids is 1. The summed E-state index contributed by atoms with van der Waals surface area (Å²) in [6.07, 6.45) is 1.81. The van der Waals surface area contributed by atoms with Crippen molar-refractivity contribution >= 4 is 27.3 Å². The van der Waals surface area contributed by atoms with Crippen molar-refractivity contribution in [2.75, 3.05) is 20.3 Å². The summed E-state index contributed by atoms with van der Waals surface area (Å²) < 4.78 is 7.48. The van der Waals surface area contributed by atoms with Gasteiger partial charge in [0.25, 0.3) is 11.5 Å². The fourth-order valence-electron chi connectivity index (χ4n) is 2.43. The van der Waals surface area contributed by atoms with E-state index in [4.69, 9.17) is 4.74 Å². The van der Waals surface area contributed by atoms with E-state index >= 15 is 0 Å². The van der Waals surface area contributed by atoms with Gasteiger partial charge in [-0.1, -0.05) is 13.8 Å². The average Bonchev–Trinajstić information content (AvgIpc) is 2.79. The second kappa shape index (κ2) is 7.07. The molecule has 0 fully saturated rings. The van der Waals surface area contributed by atoms with Gasteiger partial charge in [-0.3, -0.25) is 9.59 Å². The van der Waals surface area contributed by atoms with Crippen LogP contribution in [0.4, 0.5) is 0 Å². The molecule has 2 heterocycles. The zero-order valence-corrected chi connectivity index (χ0v) is 14.3. The number of rotatable bonds is 6. The molecule has 0 atom stereocenters. The third kappa shape index (κ3) is 3.39. The number of nitrogens with zero attached hydrogens (tertiary/aromatic N) is 1. The van der Waals surface area contributed by atoms with Gasteiger partial charge in [0.15, 0.2) is 0 Å². The number of aromatic nitrogens is 1. The SMILES string of the molecule is COCCNC(=O)c1c(C)sc2ccn(CC(C)C)c(=O)c12. The van der Waals surface area contributed by atoms with E-state index in [-0.39, 0.29) is 11.5 Å². The van der Waals surface area contributed by atoms with E-state index < -0.39 is 0 Å². The molecule has 0 aliphatic rings. The Labute approximate surface area is 133 Å². The number of methoxy groups -OCH3 is 1. The zero-order chi connectivity index (χ0) is 16.3. The number of hydrogen-bond donors (Lipinski definition) is 1. The van der Waals surface area contributed by atoms with Crippen molar-refractivity contribution in [2.45, 2.75) is 27.3 Å². The van der Waals surface area contributed by atoms with Crippen LogP contribution in [0.2, 0.25) is 0 Å². The molecular weight excluding hydrogens is 300 g/mol. The monoisotopic (exact) mass is 322 g/mol. The van der Waals surface area contributed by atoms with Gasteiger partial charge in [0.05, 0.1) is 17.6 Å². The third-order valence-corrected chi connectivity index (χ3v) is 4.44. The van der Waals surface area contributed by atoms with Crippen LogP contribution in [0.5, 0.6) is 0 Å². The maximum atomic E-state index is 12.7. The first kappa shape index (κ1) is 16.7. The molecule has 2 aromatic heterocycles. The Kier molecular flexibility index (Phi) is 5.37. The molecule has 0 aliphatic carbocycles. The van der Waals surface area contributed by atoms with Gasteiger partial charge in [-0.15, -0.1) is 11.3 Å². The molecule has 0 aliphatic heterocycles. The van der Waals surface area contributed by atoms with Crippen LogP contribution in [0.1, 0.15) is 29.1 Å². The Morgan fingerprint density at radius 3 is 2.82 bits per heavy atom. The molecule has 1 amide bonds. The lowest BCUT2D eigenvalue weighted by Crippen LogP contribution is -2.29. The van der Waals surface area contributed by atoms with Crippen LogP contribution in [-0.2, 0) is 11.3 Å². The summed E-state index contributed by atoms with van der Waals surface area (Å²) in [6.45, 7) is 7.53. The van der Waals surface area contributed by atoms with Gasteiger partial charge in [0.1, 0.15) is 0 Å². The molecule has 0 spiro atoms. The quantitative estimate of drug-likeness (QED) is 0.831. The van der Waals surface area contributed by atoms with Crippen molar-refractivity contribution in [2.24, 2.45) is 5.92 Å². The molecule has 0 radical (unpaired) electrons. The van der Waals surface area contributed by atoms with Crippen molar-refractivity contribution < 1.29 is 9.53 Å². The van der Waals surface area contributed by atoms with Crippen LogP contribution in [0, 0.1) is 12.8 Å². The lowest BCUT2D eigenvalue weighted by atomic mass is 10.1. The first-order valence-corrected chi connectivity index (χ1v) is 8.17. The maximum Gasteiger partial charge on any atom is 0.260 e. The zero-order valence-electron chi connectivity index (χ0n) is 13.4. The van der Waals surface area contributed by atoms with E-state index in [0.717, 1.165) is 9.58 Å². The number of amides is 1. The molecule has 2 aromatic rings. The van der Waals surface area contributed by atoms with Crippen LogP contribution in [0.25, 0.3) is 10.1 Å². The summed E-state index contributed by atoms with van der Waals surface area (Å²) >= 11 is 1.48. The highest BCUT2D eigenvalue weighted by molar-refractivity contribution is 7.19. The van der Waals surface area contributed by atoms with Gasteiger partial charge in [-0.05, 0) is 18.9 Å². The van der Waals surface area contributed by atoms with Crippen molar-refractivity contribution in [3.8, 4) is 0 Å². The minimum Gasteiger partial charge on any atom is -0.383 e. The predicted molar refractivity (Wildman–Crippen MR) is 89.9 cm³/mol. The van der Waals surface area contributed by atoms with Gasteiger partial charge in [0, 0.05) is 36.0 Å². The number of aryl methyl sites for hydroxylation is 1. The van der Waals surface area contributed by atoms with E-state index in [1.807, 2.05) is 19.2 Å². The first-order valence-electron chi connectivity index (χ1n) is 7.35. The van der Waals surface area contributed by atoms with Crippen molar-refractivity contribution in [1.82, 2.24) is 9.88 Å². The number of ether oxygens (including phenoxy) is 1. The number of nitrogens with one attached hydrogen (secondary N) is 1. The average molecular weight is 322 g/mol. The largest absolute Gasteiger partial charge is 0.383 e. The minimum atomic E-state index is -0.208. The molecule has 0 unspecified atom stereocenters. The van der Waals surface area contributed by atoms with E-state index in [1.54, 1.807) is 11.7 Å². The van der Waals surface area contributed by atoms with E-state index in [9.17, 15) is 9.59 Å². The first-order chi connectivity index (χ1) is 10.5. The molecule has 120 valence electrons. The standard InChI is InChI=1S/C16H22N2O3S/c1-10(2)9-18-7-5-12-14(16(18)20)13(11(3)22-12)15(19)17-6-8-21-4/h5,7,10H,6,8-9H2,1-4H3,(H,17,19). The fourth-order valence-corrected chi connectivity index (χ4v) is 3.48. The number of hydrogen-bond acceptors (Lipinski definition) is 4. The van der Waals surface area contributed by atoms with Gasteiger partial charge in [0.2, 0.25) is 0 Å². The summed E-state index contributed by atoms with van der Waals surface area (Å²) in [5.41, 5.74) is 0.409. The second-order valence-electron chi connectivity index (χ2n) is 5.69. The maximum absolute atomic E-state index is 12.7. The van der Waals surface area contributed by atoms with Crippen LogP contribution < -0.4 is 10.9 Å². The van der Waals surface area contributed by atoms with Crippen LogP contribution in [0.3, 0.4) is 0 Å². The molecule has 0 saturated carbocycles. The molecular formula is C16H22N2O3S. The molecule has 1 N–H and O–H groups in total. The van der Waals surface area contributed by atoms with E-state index in [0.29, 0.717) is 36.6 Å². The van der Waals surface area contributed by atoms with Crippen LogP contribution in [0.15, 0.2) is 17.1 Å². The summed E-state index contributed by atoms with van der Waals surface area (Å²) in [5, 5.41) is 3.33. The Bertz CT molecular complexity index is 731. The topological polar surface area (TPSA) is 60.3 Å². The Morgan fingerprint density at radius 2 is 2.18 bits per heavy atom. The molecule has 0 bridgehead atoms. The molecule has 2 rings (SSSR count). The molecule has 0 aromatic carbocycles. The van der Waals surface area contributed by atoms with E-state index in [1.165, 1.54) is 11.3 Å². The highest BCUT2D eigenvalue weighted by Gasteiger charge is 2.19. The summed E-state index contributed by atoms with van der Waals surface area (Å²) in [7, 11) is 1.59. The van der Waals surface area contributed by atoms with Gasteiger partial charge < -0.3 is 14.6 Å². The molecule has 22 heavy (non-hydrogen) atoms. The van der Waals surface area contributed by atoms with Gasteiger partial charge >= 0.3 is 0 Å². The lowest BCUT2D eigenvalue weighted by Gasteiger charge is -2.09. The normalized spacial score (nSPS) is 11.3. The Morgan fingerprint density at radius 1 is 1.45 bits per heavy atom. The lowest BCUT2D eigenvalue weighted by molar-refractivity contribution is 0.0938. The predicted octanol–water partition coefficient (Wildman–Crippen LogP) is 2.40. The number of carbonyl (C=O) groups is 1. The van der Waals surface area contributed by atoms with E-state index in [2.05, 4.69) is 19.2 Å². The minimum absolute atomic E-state index is 0.0903. The Hall–Kier alpha value is -1.66. The second-order valence-corrected chi connectivity index (χ2v) is 6.94. The van der Waals surface area contributed by atoms with Crippen molar-refractivity contribution in [1.29, 1.82) is 0 Å². The highest BCUT2D eigenvalue weighted by atomic mass is 32.1. The van der Waals surface area contributed by atoms with Crippen LogP contribution >= 0.6 is 11.3 Å². The summed E-state index contributed by atoms with van der Waals surface area (Å²) in [5.74, 6) is 0.161. The number of fused-ring (bicyclic) bond motifs is 1. The molecule has 0 saturated heterocycles. The van der Waals surface area contributed by atoms with Crippen LogP contribution in [-0.4, -0.2) is 30.7 Å². The highest BCUT2D eigenvalue weighted by Crippen LogP contribution is 2.28. The molecule has 6 heteroatoms. The Balaban J connectivity index is 2.47. The van der Waals surface area contributed by atoms with Gasteiger partial charge in [-0.25, -0.2) is 0 Å². The van der Waals surface area contributed by atoms with Crippen molar-refractivity contribution in [3.63, 3.8) is 0 Å². The third-order valence-electron chi connectivity index (χ3n) is 3.37. The summed E-state index contributed by atoms with van der Waals surface area (Å²) in [6, 6.07) is 1.92. The molecule has 5 nitrogen and oxygen atoms in total. The van der Waals surface area contributed by atoms with Crippen molar-refractivity contribution in [3.05, 3.63) is 33.1 Å². The summed E-state index contributed by atoms with van der Waals surface area (Å²) in [4.78, 5) is 26.0. The number of thiophene rings is 1. The number of pyridine rings is 1.